The number of rotatable bonds is 5. The summed E-state index contributed by atoms with van der Waals surface area (Å²) < 4.78 is 2.94. The first-order chi connectivity index (χ1) is 9.51. The van der Waals surface area contributed by atoms with Crippen molar-refractivity contribution < 1.29 is 0 Å². The number of hydrogen-bond donors (Lipinski definition) is 2. The zero-order valence-electron chi connectivity index (χ0n) is 11.5. The number of nitrogens with zero attached hydrogens (tertiary/aromatic N) is 2. The van der Waals surface area contributed by atoms with Gasteiger partial charge in [0.05, 0.1) is 15.9 Å². The van der Waals surface area contributed by atoms with Gasteiger partial charge >= 0.3 is 0 Å². The van der Waals surface area contributed by atoms with E-state index in [1.54, 1.807) is 0 Å². The molecule has 4 nitrogen and oxygen atoms in total. The van der Waals surface area contributed by atoms with Gasteiger partial charge < -0.3 is 0 Å². The van der Waals surface area contributed by atoms with Crippen molar-refractivity contribution in [1.29, 1.82) is 0 Å². The van der Waals surface area contributed by atoms with Gasteiger partial charge in [-0.2, -0.15) is 5.10 Å². The Kier molecular flexibility index (Phi) is 5.21. The SMILES string of the molecule is Cc1nn(C)c(CC(Cc2cccc(Cl)c2)NN)c1Br. The maximum Gasteiger partial charge on any atom is 0.0738 e. The van der Waals surface area contributed by atoms with Gasteiger partial charge in [0.15, 0.2) is 0 Å². The molecular formula is C14H18BrClN4. The van der Waals surface area contributed by atoms with Crippen molar-refractivity contribution in [1.82, 2.24) is 15.2 Å². The molecule has 0 aliphatic heterocycles. The molecule has 108 valence electrons. The number of benzene rings is 1. The fourth-order valence-electron chi connectivity index (χ4n) is 2.27. The van der Waals surface area contributed by atoms with Crippen LogP contribution in [-0.4, -0.2) is 15.8 Å². The molecule has 1 heterocycles. The Hall–Kier alpha value is -0.880. The Balaban J connectivity index is 2.13. The average molecular weight is 358 g/mol. The molecule has 1 aromatic carbocycles. The summed E-state index contributed by atoms with van der Waals surface area (Å²) in [5.74, 6) is 5.69. The third-order valence-corrected chi connectivity index (χ3v) is 4.57. The first-order valence-corrected chi connectivity index (χ1v) is 7.57. The second kappa shape index (κ2) is 6.72. The summed E-state index contributed by atoms with van der Waals surface area (Å²) in [4.78, 5) is 0. The number of hydrogen-bond acceptors (Lipinski definition) is 3. The molecule has 0 saturated carbocycles. The molecule has 2 aromatic rings. The van der Waals surface area contributed by atoms with Crippen LogP contribution < -0.4 is 11.3 Å². The Labute approximate surface area is 132 Å². The van der Waals surface area contributed by atoms with Crippen molar-refractivity contribution in [3.8, 4) is 0 Å². The molecule has 0 amide bonds. The zero-order valence-corrected chi connectivity index (χ0v) is 13.9. The second-order valence-corrected chi connectivity index (χ2v) is 6.10. The molecule has 1 aromatic heterocycles. The van der Waals surface area contributed by atoms with E-state index in [1.807, 2.05) is 36.9 Å². The summed E-state index contributed by atoms with van der Waals surface area (Å²) in [6.07, 6.45) is 1.61. The highest BCUT2D eigenvalue weighted by Crippen LogP contribution is 2.22. The molecule has 0 aliphatic carbocycles. The highest BCUT2D eigenvalue weighted by molar-refractivity contribution is 9.10. The standard InChI is InChI=1S/C14H18BrClN4/c1-9-14(15)13(20(2)19-9)8-12(18-17)7-10-4-3-5-11(16)6-10/h3-6,12,18H,7-8,17H2,1-2H3. The largest absolute Gasteiger partial charge is 0.271 e. The minimum atomic E-state index is 0.125. The number of nitrogens with two attached hydrogens (primary N) is 1. The normalized spacial score (nSPS) is 12.7. The number of nitrogens with one attached hydrogen (secondary N) is 1. The lowest BCUT2D eigenvalue weighted by molar-refractivity contribution is 0.504. The fraction of sp³-hybridized carbons (Fsp3) is 0.357. The number of aromatic nitrogens is 2. The topological polar surface area (TPSA) is 55.9 Å². The van der Waals surface area contributed by atoms with Gasteiger partial charge in [0.1, 0.15) is 0 Å². The molecule has 1 atom stereocenters. The third kappa shape index (κ3) is 3.61. The van der Waals surface area contributed by atoms with Crippen LogP contribution in [0, 0.1) is 6.92 Å². The van der Waals surface area contributed by atoms with Gasteiger partial charge in [-0.3, -0.25) is 16.0 Å². The average Bonchev–Trinajstić information content (AvgIpc) is 2.64. The maximum atomic E-state index is 6.01. The van der Waals surface area contributed by atoms with Crippen molar-refractivity contribution >= 4 is 27.5 Å². The summed E-state index contributed by atoms with van der Waals surface area (Å²) in [5, 5.41) is 5.15. The van der Waals surface area contributed by atoms with E-state index in [0.29, 0.717) is 0 Å². The fourth-order valence-corrected chi connectivity index (χ4v) is 2.98. The predicted octanol–water partition coefficient (Wildman–Crippen LogP) is 2.76. The van der Waals surface area contributed by atoms with Crippen LogP contribution in [0.5, 0.6) is 0 Å². The van der Waals surface area contributed by atoms with Crippen LogP contribution in [0.1, 0.15) is 17.0 Å². The number of halogens is 2. The molecule has 0 spiro atoms. The van der Waals surface area contributed by atoms with Crippen LogP contribution in [-0.2, 0) is 19.9 Å². The molecule has 0 bridgehead atoms. The molecule has 0 aliphatic rings. The van der Waals surface area contributed by atoms with E-state index in [0.717, 1.165) is 39.3 Å². The maximum absolute atomic E-state index is 6.01. The van der Waals surface area contributed by atoms with Crippen LogP contribution in [0.15, 0.2) is 28.7 Å². The van der Waals surface area contributed by atoms with Gasteiger partial charge in [-0.05, 0) is 47.0 Å². The van der Waals surface area contributed by atoms with Gasteiger partial charge in [-0.25, -0.2) is 0 Å². The molecule has 1 unspecified atom stereocenters. The Morgan fingerprint density at radius 3 is 2.75 bits per heavy atom. The molecule has 20 heavy (non-hydrogen) atoms. The minimum Gasteiger partial charge on any atom is -0.271 e. The molecule has 0 radical (unpaired) electrons. The summed E-state index contributed by atoms with van der Waals surface area (Å²) in [6, 6.07) is 7.97. The Morgan fingerprint density at radius 2 is 2.20 bits per heavy atom. The summed E-state index contributed by atoms with van der Waals surface area (Å²) >= 11 is 9.59. The summed E-state index contributed by atoms with van der Waals surface area (Å²) in [7, 11) is 1.94. The lowest BCUT2D eigenvalue weighted by Gasteiger charge is -2.16. The number of hydrazine groups is 1. The van der Waals surface area contributed by atoms with Crippen LogP contribution in [0.25, 0.3) is 0 Å². The van der Waals surface area contributed by atoms with Gasteiger partial charge in [0, 0.05) is 24.5 Å². The van der Waals surface area contributed by atoms with Crippen LogP contribution in [0.4, 0.5) is 0 Å². The molecule has 0 saturated heterocycles. The van der Waals surface area contributed by atoms with E-state index < -0.39 is 0 Å². The van der Waals surface area contributed by atoms with E-state index >= 15 is 0 Å². The quantitative estimate of drug-likeness (QED) is 0.639. The van der Waals surface area contributed by atoms with Gasteiger partial charge in [0.2, 0.25) is 0 Å². The second-order valence-electron chi connectivity index (χ2n) is 4.87. The smallest absolute Gasteiger partial charge is 0.0738 e. The van der Waals surface area contributed by atoms with Crippen molar-refractivity contribution in [2.75, 3.05) is 0 Å². The van der Waals surface area contributed by atoms with E-state index in [1.165, 1.54) is 0 Å². The predicted molar refractivity (Wildman–Crippen MR) is 85.6 cm³/mol. The van der Waals surface area contributed by atoms with E-state index in [4.69, 9.17) is 17.4 Å². The summed E-state index contributed by atoms with van der Waals surface area (Å²) in [6.45, 7) is 1.98. The van der Waals surface area contributed by atoms with E-state index in [2.05, 4.69) is 32.5 Å². The van der Waals surface area contributed by atoms with Crippen LogP contribution in [0.2, 0.25) is 5.02 Å². The van der Waals surface area contributed by atoms with Crippen molar-refractivity contribution in [3.63, 3.8) is 0 Å². The number of aryl methyl sites for hydroxylation is 2. The van der Waals surface area contributed by atoms with Gasteiger partial charge in [-0.1, -0.05) is 23.7 Å². The van der Waals surface area contributed by atoms with Crippen molar-refractivity contribution in [3.05, 3.63) is 50.7 Å². The first-order valence-electron chi connectivity index (χ1n) is 6.39. The van der Waals surface area contributed by atoms with Gasteiger partial charge in [-0.15, -0.1) is 0 Å². The molecule has 2 rings (SSSR count). The molecular weight excluding hydrogens is 340 g/mol. The third-order valence-electron chi connectivity index (χ3n) is 3.31. The van der Waals surface area contributed by atoms with Crippen molar-refractivity contribution in [2.24, 2.45) is 12.9 Å². The van der Waals surface area contributed by atoms with E-state index in [9.17, 15) is 0 Å². The Morgan fingerprint density at radius 1 is 1.45 bits per heavy atom. The van der Waals surface area contributed by atoms with Crippen LogP contribution >= 0.6 is 27.5 Å². The Bertz CT molecular complexity index is 597. The molecule has 6 heteroatoms. The van der Waals surface area contributed by atoms with Crippen molar-refractivity contribution in [2.45, 2.75) is 25.8 Å². The zero-order chi connectivity index (χ0) is 14.7. The monoisotopic (exact) mass is 356 g/mol. The van der Waals surface area contributed by atoms with E-state index in [-0.39, 0.29) is 6.04 Å². The minimum absolute atomic E-state index is 0.125. The van der Waals surface area contributed by atoms with Gasteiger partial charge in [0.25, 0.3) is 0 Å². The highest BCUT2D eigenvalue weighted by atomic mass is 79.9. The molecule has 0 fully saturated rings. The highest BCUT2D eigenvalue weighted by Gasteiger charge is 2.16. The first kappa shape index (κ1) is 15.5. The lowest BCUT2D eigenvalue weighted by atomic mass is 10.0. The lowest BCUT2D eigenvalue weighted by Crippen LogP contribution is -2.39. The van der Waals surface area contributed by atoms with Crippen LogP contribution in [0.3, 0.4) is 0 Å². The molecule has 3 N–H and O–H groups in total. The summed E-state index contributed by atoms with van der Waals surface area (Å²) in [5.41, 5.74) is 6.16.